The molecule has 0 amide bonds. The molecule has 0 N–H and O–H groups in total. The maximum atomic E-state index is 2.12. The first-order valence-corrected chi connectivity index (χ1v) is 2.42. The van der Waals surface area contributed by atoms with Gasteiger partial charge in [-0.15, -0.1) is 0 Å². The predicted molar refractivity (Wildman–Crippen MR) is 32.2 cm³/mol. The number of hydrogen-bond acceptors (Lipinski definition) is 2. The second-order valence-electron chi connectivity index (χ2n) is 2.30. The molecule has 0 saturated heterocycles. The molecule has 0 aliphatic carbocycles. The third-order valence-electron chi connectivity index (χ3n) is 0.566. The molecule has 0 unspecified atom stereocenters. The van der Waals surface area contributed by atoms with E-state index in [1.165, 1.54) is 0 Å². The zero-order valence-corrected chi connectivity index (χ0v) is 11.4. The van der Waals surface area contributed by atoms with Crippen LogP contribution in [0.3, 0.4) is 0 Å². The molecule has 0 fully saturated rings. The van der Waals surface area contributed by atoms with Crippen LogP contribution in [-0.2, 0) is 20.4 Å². The molecular weight excluding hydrogens is 354 g/mol. The molecule has 0 aliphatic rings. The fourth-order valence-electron chi connectivity index (χ4n) is 0.566. The summed E-state index contributed by atoms with van der Waals surface area (Å²) in [6.45, 7) is 1.03. The van der Waals surface area contributed by atoms with Gasteiger partial charge in [0.15, 0.2) is 0 Å². The van der Waals surface area contributed by atoms with Crippen LogP contribution in [0.4, 0.5) is 0 Å². The van der Waals surface area contributed by atoms with E-state index in [4.69, 9.17) is 0 Å². The van der Waals surface area contributed by atoms with Gasteiger partial charge in [0.1, 0.15) is 0 Å². The van der Waals surface area contributed by atoms with Gasteiger partial charge in [-0.05, 0) is 28.2 Å². The number of nitrogens with zero attached hydrogens (tertiary/aromatic N) is 2. The Morgan fingerprint density at radius 1 is 0.800 bits per heavy atom. The molecule has 0 aliphatic heterocycles. The summed E-state index contributed by atoms with van der Waals surface area (Å²) in [7, 11) is 8.22. The SMILES string of the molecule is CN(C)CN(C)C.[Br-].[Br-].[Pd+2]. The van der Waals surface area contributed by atoms with Crippen molar-refractivity contribution in [3.05, 3.63) is 0 Å². The Balaban J connectivity index is -0.0000000600. The number of rotatable bonds is 2. The molecular formula is C5H14Br2N2Pd. The molecule has 0 saturated carbocycles. The maximum Gasteiger partial charge on any atom is 2.00 e. The maximum absolute atomic E-state index is 2.12. The van der Waals surface area contributed by atoms with Crippen LogP contribution in [0.2, 0.25) is 0 Å². The molecule has 0 atom stereocenters. The molecule has 0 aromatic rings. The average molecular weight is 368 g/mol. The first kappa shape index (κ1) is 22.6. The van der Waals surface area contributed by atoms with E-state index in [9.17, 15) is 0 Å². The zero-order chi connectivity index (χ0) is 5.86. The van der Waals surface area contributed by atoms with Crippen LogP contribution in [0, 0.1) is 0 Å². The molecule has 0 radical (unpaired) electrons. The van der Waals surface area contributed by atoms with E-state index in [1.807, 2.05) is 0 Å². The summed E-state index contributed by atoms with van der Waals surface area (Å²) in [6.07, 6.45) is 0. The second kappa shape index (κ2) is 13.2. The van der Waals surface area contributed by atoms with Gasteiger partial charge in [0.05, 0.1) is 0 Å². The molecule has 0 aromatic carbocycles. The van der Waals surface area contributed by atoms with Crippen LogP contribution < -0.4 is 34.0 Å². The van der Waals surface area contributed by atoms with Crippen molar-refractivity contribution in [2.24, 2.45) is 0 Å². The van der Waals surface area contributed by atoms with Crippen LogP contribution in [-0.4, -0.2) is 44.7 Å². The van der Waals surface area contributed by atoms with E-state index in [0.717, 1.165) is 6.67 Å². The Bertz CT molecular complexity index is 46.9. The number of halogens is 2. The summed E-state index contributed by atoms with van der Waals surface area (Å²) in [4.78, 5) is 4.25. The minimum atomic E-state index is 0. The third-order valence-corrected chi connectivity index (χ3v) is 0.566. The predicted octanol–water partition coefficient (Wildman–Crippen LogP) is -5.93. The van der Waals surface area contributed by atoms with Crippen molar-refractivity contribution in [1.82, 2.24) is 9.80 Å². The Morgan fingerprint density at radius 3 is 1.00 bits per heavy atom. The first-order chi connectivity index (χ1) is 3.13. The molecule has 2 nitrogen and oxygen atoms in total. The Kier molecular flexibility index (Phi) is 29.7. The van der Waals surface area contributed by atoms with Crippen molar-refractivity contribution in [3.63, 3.8) is 0 Å². The largest absolute Gasteiger partial charge is 2.00 e. The molecule has 0 bridgehead atoms. The van der Waals surface area contributed by atoms with E-state index in [-0.39, 0.29) is 54.4 Å². The van der Waals surface area contributed by atoms with Crippen molar-refractivity contribution >= 4 is 0 Å². The quantitative estimate of drug-likeness (QED) is 0.354. The van der Waals surface area contributed by atoms with E-state index in [2.05, 4.69) is 38.0 Å². The van der Waals surface area contributed by atoms with E-state index in [1.54, 1.807) is 0 Å². The van der Waals surface area contributed by atoms with Gasteiger partial charge < -0.3 is 34.0 Å². The molecule has 0 spiro atoms. The Labute approximate surface area is 98.5 Å². The third kappa shape index (κ3) is 22.7. The van der Waals surface area contributed by atoms with Crippen molar-refractivity contribution in [2.45, 2.75) is 0 Å². The molecule has 68 valence electrons. The van der Waals surface area contributed by atoms with Crippen molar-refractivity contribution in [2.75, 3.05) is 34.9 Å². The van der Waals surface area contributed by atoms with E-state index in [0.29, 0.717) is 0 Å². The average Bonchev–Trinajstić information content (AvgIpc) is 1.27. The summed E-state index contributed by atoms with van der Waals surface area (Å²) in [5.41, 5.74) is 0. The monoisotopic (exact) mass is 366 g/mol. The van der Waals surface area contributed by atoms with Gasteiger partial charge in [0, 0.05) is 6.67 Å². The summed E-state index contributed by atoms with van der Waals surface area (Å²) in [5, 5.41) is 0. The van der Waals surface area contributed by atoms with Crippen molar-refractivity contribution < 1.29 is 54.4 Å². The van der Waals surface area contributed by atoms with Crippen LogP contribution >= 0.6 is 0 Å². The summed E-state index contributed by atoms with van der Waals surface area (Å²) in [5.74, 6) is 0. The standard InChI is InChI=1S/C5H14N2.2BrH.Pd/c1-6(2)5-7(3)4;;;/h5H2,1-4H3;2*1H;/q;;;+2/p-2. The fourth-order valence-corrected chi connectivity index (χ4v) is 0.566. The van der Waals surface area contributed by atoms with Gasteiger partial charge in [-0.3, -0.25) is 9.80 Å². The fraction of sp³-hybridized carbons (Fsp3) is 1.00. The first-order valence-electron chi connectivity index (χ1n) is 2.42. The number of hydrogen-bond donors (Lipinski definition) is 0. The van der Waals surface area contributed by atoms with Gasteiger partial charge in [-0.1, -0.05) is 0 Å². The topological polar surface area (TPSA) is 6.48 Å². The van der Waals surface area contributed by atoms with Gasteiger partial charge in [-0.25, -0.2) is 0 Å². The second-order valence-corrected chi connectivity index (χ2v) is 2.30. The summed E-state index contributed by atoms with van der Waals surface area (Å²) < 4.78 is 0. The van der Waals surface area contributed by atoms with Crippen LogP contribution in [0.1, 0.15) is 0 Å². The van der Waals surface area contributed by atoms with Gasteiger partial charge in [0.25, 0.3) is 0 Å². The van der Waals surface area contributed by atoms with Crippen LogP contribution in [0.5, 0.6) is 0 Å². The van der Waals surface area contributed by atoms with Gasteiger partial charge in [0.2, 0.25) is 0 Å². The molecule has 0 rings (SSSR count). The van der Waals surface area contributed by atoms with E-state index >= 15 is 0 Å². The molecule has 5 heteroatoms. The Hall–Kier alpha value is 1.54. The van der Waals surface area contributed by atoms with E-state index < -0.39 is 0 Å². The molecule has 0 aromatic heterocycles. The Morgan fingerprint density at radius 2 is 1.00 bits per heavy atom. The summed E-state index contributed by atoms with van der Waals surface area (Å²) >= 11 is 0. The van der Waals surface area contributed by atoms with Crippen LogP contribution in [0.25, 0.3) is 0 Å². The van der Waals surface area contributed by atoms with Crippen molar-refractivity contribution in [3.8, 4) is 0 Å². The smallest absolute Gasteiger partial charge is 1.00 e. The minimum Gasteiger partial charge on any atom is -1.00 e. The van der Waals surface area contributed by atoms with Crippen molar-refractivity contribution in [1.29, 1.82) is 0 Å². The zero-order valence-electron chi connectivity index (χ0n) is 6.67. The normalized spacial score (nSPS) is 7.80. The molecule has 0 heterocycles. The molecule has 10 heavy (non-hydrogen) atoms. The minimum absolute atomic E-state index is 0. The van der Waals surface area contributed by atoms with Gasteiger partial charge in [-0.2, -0.15) is 0 Å². The van der Waals surface area contributed by atoms with Gasteiger partial charge >= 0.3 is 20.4 Å². The summed E-state index contributed by atoms with van der Waals surface area (Å²) in [6, 6.07) is 0. The van der Waals surface area contributed by atoms with Crippen LogP contribution in [0.15, 0.2) is 0 Å².